The number of unbranched alkanes of at least 4 members (excludes halogenated alkanes) is 2. The first-order chi connectivity index (χ1) is 12.8. The molecule has 27 heavy (non-hydrogen) atoms. The van der Waals surface area contributed by atoms with Crippen LogP contribution in [0.2, 0.25) is 0 Å². The quantitative estimate of drug-likeness (QED) is 0.451. The number of imide groups is 1. The number of aryl methyl sites for hydroxylation is 2. The van der Waals surface area contributed by atoms with Gasteiger partial charge in [-0.1, -0.05) is 12.5 Å². The van der Waals surface area contributed by atoms with Crippen LogP contribution in [0.3, 0.4) is 0 Å². The lowest BCUT2D eigenvalue weighted by molar-refractivity contribution is -0.148. The number of rotatable bonds is 9. The van der Waals surface area contributed by atoms with E-state index in [1.54, 1.807) is 12.1 Å². The summed E-state index contributed by atoms with van der Waals surface area (Å²) < 4.78 is 4.83. The topological polar surface area (TPSA) is 114 Å². The molecule has 0 aromatic heterocycles. The minimum Gasteiger partial charge on any atom is -0.456 e. The van der Waals surface area contributed by atoms with E-state index < -0.39 is 24.5 Å². The summed E-state index contributed by atoms with van der Waals surface area (Å²) in [5.41, 5.74) is 2.68. The van der Waals surface area contributed by atoms with Crippen LogP contribution in [0.1, 0.15) is 43.7 Å². The summed E-state index contributed by atoms with van der Waals surface area (Å²) >= 11 is 0. The van der Waals surface area contributed by atoms with Crippen LogP contribution in [0, 0.1) is 13.8 Å². The summed E-state index contributed by atoms with van der Waals surface area (Å²) in [6.07, 6.45) is 2.32. The van der Waals surface area contributed by atoms with Gasteiger partial charge in [0, 0.05) is 25.6 Å². The van der Waals surface area contributed by atoms with Gasteiger partial charge in [0.1, 0.15) is 0 Å². The molecule has 0 radical (unpaired) electrons. The molecule has 0 saturated heterocycles. The molecule has 8 nitrogen and oxygen atoms in total. The maximum absolute atomic E-state index is 11.8. The first-order valence-electron chi connectivity index (χ1n) is 8.86. The zero-order valence-corrected chi connectivity index (χ0v) is 16.0. The first kappa shape index (κ1) is 22.1. The van der Waals surface area contributed by atoms with E-state index in [4.69, 9.17) is 4.74 Å². The fourth-order valence-corrected chi connectivity index (χ4v) is 2.20. The van der Waals surface area contributed by atoms with Gasteiger partial charge in [0.25, 0.3) is 5.91 Å². The third-order valence-corrected chi connectivity index (χ3v) is 3.81. The lowest BCUT2D eigenvalue weighted by atomic mass is 10.1. The highest BCUT2D eigenvalue weighted by atomic mass is 16.5. The van der Waals surface area contributed by atoms with Crippen LogP contribution in [-0.2, 0) is 19.1 Å². The summed E-state index contributed by atoms with van der Waals surface area (Å²) in [6, 6.07) is 4.71. The maximum atomic E-state index is 11.8. The molecule has 4 amide bonds. The monoisotopic (exact) mass is 377 g/mol. The zero-order valence-electron chi connectivity index (χ0n) is 16.0. The molecule has 0 atom stereocenters. The highest BCUT2D eigenvalue weighted by Crippen LogP contribution is 2.13. The van der Waals surface area contributed by atoms with Gasteiger partial charge in [-0.3, -0.25) is 19.7 Å². The molecule has 1 aromatic rings. The molecule has 0 spiro atoms. The van der Waals surface area contributed by atoms with Gasteiger partial charge in [-0.25, -0.2) is 4.79 Å². The number of carbonyl (C=O) groups excluding carboxylic acids is 4. The van der Waals surface area contributed by atoms with Crippen LogP contribution in [0.25, 0.3) is 0 Å². The van der Waals surface area contributed by atoms with Crippen molar-refractivity contribution in [2.24, 2.45) is 0 Å². The van der Waals surface area contributed by atoms with Crippen LogP contribution in [-0.4, -0.2) is 37.0 Å². The summed E-state index contributed by atoms with van der Waals surface area (Å²) in [6.45, 7) is 5.39. The Kier molecular flexibility index (Phi) is 9.57. The normalized spacial score (nSPS) is 10.0. The van der Waals surface area contributed by atoms with Gasteiger partial charge in [-0.2, -0.15) is 0 Å². The highest BCUT2D eigenvalue weighted by Gasteiger charge is 2.11. The molecule has 0 aliphatic rings. The summed E-state index contributed by atoms with van der Waals surface area (Å²) in [7, 11) is 0. The van der Waals surface area contributed by atoms with E-state index >= 15 is 0 Å². The Morgan fingerprint density at radius 3 is 2.41 bits per heavy atom. The smallest absolute Gasteiger partial charge is 0.325 e. The van der Waals surface area contributed by atoms with E-state index in [1.165, 1.54) is 6.92 Å². The molecule has 0 bridgehead atoms. The minimum atomic E-state index is -0.699. The second kappa shape index (κ2) is 11.7. The molecule has 3 N–H and O–H groups in total. The molecule has 0 aliphatic carbocycles. The van der Waals surface area contributed by atoms with Gasteiger partial charge in [-0.15, -0.1) is 0 Å². The summed E-state index contributed by atoms with van der Waals surface area (Å²) in [5, 5.41) is 7.32. The summed E-state index contributed by atoms with van der Waals surface area (Å²) in [5.74, 6) is -1.28. The largest absolute Gasteiger partial charge is 0.456 e. The van der Waals surface area contributed by atoms with E-state index in [1.807, 2.05) is 19.9 Å². The SMILES string of the molecule is CC(=O)NCCCCCC(=O)OCC(=O)NC(=O)Nc1ccc(C)c(C)c1. The van der Waals surface area contributed by atoms with Crippen molar-refractivity contribution in [2.75, 3.05) is 18.5 Å². The number of esters is 1. The molecule has 8 heteroatoms. The van der Waals surface area contributed by atoms with Crippen molar-refractivity contribution in [2.45, 2.75) is 46.5 Å². The van der Waals surface area contributed by atoms with Crippen LogP contribution in [0.5, 0.6) is 0 Å². The highest BCUT2D eigenvalue weighted by molar-refractivity contribution is 6.01. The van der Waals surface area contributed by atoms with Crippen molar-refractivity contribution in [3.63, 3.8) is 0 Å². The van der Waals surface area contributed by atoms with Crippen molar-refractivity contribution in [3.05, 3.63) is 29.3 Å². The number of hydrogen-bond acceptors (Lipinski definition) is 5. The second-order valence-electron chi connectivity index (χ2n) is 6.26. The summed E-state index contributed by atoms with van der Waals surface area (Å²) in [4.78, 5) is 45.7. The van der Waals surface area contributed by atoms with Gasteiger partial charge >= 0.3 is 12.0 Å². The Morgan fingerprint density at radius 2 is 1.74 bits per heavy atom. The van der Waals surface area contributed by atoms with Gasteiger partial charge in [0.05, 0.1) is 0 Å². The van der Waals surface area contributed by atoms with Gasteiger partial charge in [0.2, 0.25) is 5.91 Å². The van der Waals surface area contributed by atoms with E-state index in [9.17, 15) is 19.2 Å². The first-order valence-corrected chi connectivity index (χ1v) is 8.86. The molecule has 0 aliphatic heterocycles. The Balaban J connectivity index is 2.18. The number of amides is 4. The Morgan fingerprint density at radius 1 is 1.00 bits per heavy atom. The number of ether oxygens (including phenoxy) is 1. The lowest BCUT2D eigenvalue weighted by Crippen LogP contribution is -2.37. The number of carbonyl (C=O) groups is 4. The van der Waals surface area contributed by atoms with Gasteiger partial charge in [-0.05, 0) is 49.9 Å². The number of nitrogens with one attached hydrogen (secondary N) is 3. The van der Waals surface area contributed by atoms with Crippen molar-refractivity contribution >= 4 is 29.5 Å². The standard InChI is InChI=1S/C19H27N3O5/c1-13-8-9-16(11-14(13)2)21-19(26)22-17(24)12-27-18(25)7-5-4-6-10-20-15(3)23/h8-9,11H,4-7,10,12H2,1-3H3,(H,20,23)(H2,21,22,24,26). The molecule has 148 valence electrons. The lowest BCUT2D eigenvalue weighted by Gasteiger charge is -2.09. The van der Waals surface area contributed by atoms with Crippen LogP contribution >= 0.6 is 0 Å². The van der Waals surface area contributed by atoms with Crippen molar-refractivity contribution in [1.82, 2.24) is 10.6 Å². The average molecular weight is 377 g/mol. The number of benzene rings is 1. The van der Waals surface area contributed by atoms with E-state index in [2.05, 4.69) is 16.0 Å². The molecule has 0 unspecified atom stereocenters. The van der Waals surface area contributed by atoms with E-state index in [-0.39, 0.29) is 12.3 Å². The minimum absolute atomic E-state index is 0.0815. The van der Waals surface area contributed by atoms with Crippen LogP contribution in [0.4, 0.5) is 10.5 Å². The van der Waals surface area contributed by atoms with Crippen molar-refractivity contribution in [1.29, 1.82) is 0 Å². The van der Waals surface area contributed by atoms with Crippen LogP contribution < -0.4 is 16.0 Å². The Bertz CT molecular complexity index is 688. The predicted octanol–water partition coefficient (Wildman–Crippen LogP) is 2.19. The second-order valence-corrected chi connectivity index (χ2v) is 6.26. The maximum Gasteiger partial charge on any atom is 0.325 e. The number of hydrogen-bond donors (Lipinski definition) is 3. The molecule has 0 heterocycles. The molecular weight excluding hydrogens is 350 g/mol. The zero-order chi connectivity index (χ0) is 20.2. The fourth-order valence-electron chi connectivity index (χ4n) is 2.20. The third-order valence-electron chi connectivity index (χ3n) is 3.81. The Labute approximate surface area is 159 Å². The third kappa shape index (κ3) is 9.98. The molecule has 0 fully saturated rings. The molecule has 1 aromatic carbocycles. The fraction of sp³-hybridized carbons (Fsp3) is 0.474. The van der Waals surface area contributed by atoms with Gasteiger partial charge in [0.15, 0.2) is 6.61 Å². The van der Waals surface area contributed by atoms with E-state index in [0.717, 1.165) is 24.0 Å². The van der Waals surface area contributed by atoms with Crippen molar-refractivity contribution in [3.8, 4) is 0 Å². The van der Waals surface area contributed by atoms with Crippen LogP contribution in [0.15, 0.2) is 18.2 Å². The number of anilines is 1. The molecular formula is C19H27N3O5. The average Bonchev–Trinajstić information content (AvgIpc) is 2.59. The number of urea groups is 1. The molecule has 1 rings (SSSR count). The predicted molar refractivity (Wildman–Crippen MR) is 101 cm³/mol. The molecule has 0 saturated carbocycles. The van der Waals surface area contributed by atoms with Gasteiger partial charge < -0.3 is 15.4 Å². The Hall–Kier alpha value is -2.90. The van der Waals surface area contributed by atoms with Crippen molar-refractivity contribution < 1.29 is 23.9 Å². The van der Waals surface area contributed by atoms with E-state index in [0.29, 0.717) is 18.7 Å².